The maximum absolute atomic E-state index is 14.1. The van der Waals surface area contributed by atoms with Gasteiger partial charge in [-0.15, -0.1) is 0 Å². The fraction of sp³-hybridized carbons (Fsp3) is 0.292. The summed E-state index contributed by atoms with van der Waals surface area (Å²) in [5.74, 6) is 0.993. The highest BCUT2D eigenvalue weighted by atomic mass is 19.1. The van der Waals surface area contributed by atoms with Crippen molar-refractivity contribution in [2.75, 3.05) is 0 Å². The summed E-state index contributed by atoms with van der Waals surface area (Å²) in [5.41, 5.74) is 3.25. The molecule has 0 saturated heterocycles. The molecule has 1 heterocycles. The molecule has 0 aliphatic heterocycles. The number of pyridine rings is 1. The van der Waals surface area contributed by atoms with Gasteiger partial charge in [0.25, 0.3) is 0 Å². The molecule has 0 amide bonds. The van der Waals surface area contributed by atoms with Crippen LogP contribution in [0.15, 0.2) is 66.7 Å². The molecule has 3 aromatic rings. The van der Waals surface area contributed by atoms with Gasteiger partial charge in [-0.1, -0.05) is 44.2 Å². The van der Waals surface area contributed by atoms with Gasteiger partial charge >= 0.3 is 0 Å². The average molecular weight is 378 g/mol. The van der Waals surface area contributed by atoms with Gasteiger partial charge in [0.1, 0.15) is 18.2 Å². The third-order valence-electron chi connectivity index (χ3n) is 4.91. The molecule has 4 heteroatoms. The number of hydrogen-bond donors (Lipinski definition) is 1. The van der Waals surface area contributed by atoms with Gasteiger partial charge in [0, 0.05) is 18.2 Å². The molecule has 1 atom stereocenters. The number of halogens is 1. The molecule has 0 bridgehead atoms. The van der Waals surface area contributed by atoms with Gasteiger partial charge in [0.2, 0.25) is 0 Å². The van der Waals surface area contributed by atoms with E-state index in [1.165, 1.54) is 6.07 Å². The van der Waals surface area contributed by atoms with Crippen molar-refractivity contribution < 1.29 is 9.13 Å². The predicted molar refractivity (Wildman–Crippen MR) is 112 cm³/mol. The average Bonchev–Trinajstić information content (AvgIpc) is 2.72. The second-order valence-electron chi connectivity index (χ2n) is 7.34. The van der Waals surface area contributed by atoms with Crippen LogP contribution in [0.5, 0.6) is 5.75 Å². The van der Waals surface area contributed by atoms with Crippen LogP contribution in [0.2, 0.25) is 0 Å². The lowest BCUT2D eigenvalue weighted by Gasteiger charge is -2.17. The molecule has 0 saturated carbocycles. The van der Waals surface area contributed by atoms with E-state index in [0.29, 0.717) is 30.8 Å². The minimum atomic E-state index is -0.282. The first-order valence-corrected chi connectivity index (χ1v) is 9.69. The third-order valence-corrected chi connectivity index (χ3v) is 4.91. The van der Waals surface area contributed by atoms with Gasteiger partial charge < -0.3 is 10.1 Å². The van der Waals surface area contributed by atoms with Crippen LogP contribution in [0.25, 0.3) is 11.3 Å². The predicted octanol–water partition coefficient (Wildman–Crippen LogP) is 5.60. The monoisotopic (exact) mass is 378 g/mol. The van der Waals surface area contributed by atoms with Crippen molar-refractivity contribution in [1.82, 2.24) is 10.3 Å². The SMILES string of the molecule is CC(C)[C@@H](C)NCc1nc(-c2ccc(OCc3ccccc3)cc2)ccc1F. The van der Waals surface area contributed by atoms with Crippen molar-refractivity contribution in [2.45, 2.75) is 40.0 Å². The van der Waals surface area contributed by atoms with Gasteiger partial charge in [-0.25, -0.2) is 9.37 Å². The van der Waals surface area contributed by atoms with E-state index in [-0.39, 0.29) is 5.82 Å². The molecule has 0 aliphatic carbocycles. The largest absolute Gasteiger partial charge is 0.489 e. The number of nitrogens with one attached hydrogen (secondary N) is 1. The topological polar surface area (TPSA) is 34.2 Å². The number of benzene rings is 2. The number of rotatable bonds is 8. The van der Waals surface area contributed by atoms with Crippen LogP contribution < -0.4 is 10.1 Å². The first-order valence-electron chi connectivity index (χ1n) is 9.69. The molecule has 2 aromatic carbocycles. The summed E-state index contributed by atoms with van der Waals surface area (Å²) in [6.45, 7) is 7.31. The van der Waals surface area contributed by atoms with E-state index in [1.54, 1.807) is 6.07 Å². The Kier molecular flexibility index (Phi) is 6.77. The number of nitrogens with zero attached hydrogens (tertiary/aromatic N) is 1. The summed E-state index contributed by atoms with van der Waals surface area (Å²) in [6.07, 6.45) is 0. The smallest absolute Gasteiger partial charge is 0.146 e. The summed E-state index contributed by atoms with van der Waals surface area (Å²) in [6, 6.07) is 21.3. The molecule has 3 rings (SSSR count). The minimum absolute atomic E-state index is 0.282. The van der Waals surface area contributed by atoms with Crippen LogP contribution in [0, 0.1) is 11.7 Å². The Labute approximate surface area is 166 Å². The number of hydrogen-bond acceptors (Lipinski definition) is 3. The molecule has 0 spiro atoms. The maximum Gasteiger partial charge on any atom is 0.146 e. The van der Waals surface area contributed by atoms with Crippen LogP contribution in [0.4, 0.5) is 4.39 Å². The van der Waals surface area contributed by atoms with Crippen LogP contribution >= 0.6 is 0 Å². The Balaban J connectivity index is 1.66. The first kappa shape index (κ1) is 20.0. The highest BCUT2D eigenvalue weighted by Gasteiger charge is 2.11. The van der Waals surface area contributed by atoms with E-state index in [4.69, 9.17) is 4.74 Å². The normalized spacial score (nSPS) is 12.2. The van der Waals surface area contributed by atoms with Gasteiger partial charge in [0.15, 0.2) is 0 Å². The van der Waals surface area contributed by atoms with Crippen molar-refractivity contribution >= 4 is 0 Å². The molecule has 0 radical (unpaired) electrons. The molecule has 1 aromatic heterocycles. The molecular formula is C24H27FN2O. The van der Waals surface area contributed by atoms with E-state index >= 15 is 0 Å². The lowest BCUT2D eigenvalue weighted by atomic mass is 10.1. The Morgan fingerprint density at radius 3 is 2.32 bits per heavy atom. The molecule has 1 N–H and O–H groups in total. The zero-order chi connectivity index (χ0) is 19.9. The highest BCUT2D eigenvalue weighted by molar-refractivity contribution is 5.60. The Hall–Kier alpha value is -2.72. The van der Waals surface area contributed by atoms with Crippen LogP contribution in [0.1, 0.15) is 32.0 Å². The molecule has 146 valence electrons. The van der Waals surface area contributed by atoms with Crippen molar-refractivity contribution in [3.8, 4) is 17.0 Å². The summed E-state index contributed by atoms with van der Waals surface area (Å²) < 4.78 is 20.0. The summed E-state index contributed by atoms with van der Waals surface area (Å²) in [7, 11) is 0. The van der Waals surface area contributed by atoms with Gasteiger partial charge in [-0.05, 0) is 54.8 Å². The quantitative estimate of drug-likeness (QED) is 0.554. The standard InChI is InChI=1S/C24H27FN2O/c1-17(2)18(3)26-15-24-22(25)13-14-23(27-24)20-9-11-21(12-10-20)28-16-19-7-5-4-6-8-19/h4-14,17-18,26H,15-16H2,1-3H3/t18-/m1/s1. The maximum atomic E-state index is 14.1. The molecule has 0 fully saturated rings. The lowest BCUT2D eigenvalue weighted by molar-refractivity contribution is 0.306. The summed E-state index contributed by atoms with van der Waals surface area (Å²) >= 11 is 0. The lowest BCUT2D eigenvalue weighted by Crippen LogP contribution is -2.30. The summed E-state index contributed by atoms with van der Waals surface area (Å²) in [5, 5.41) is 3.34. The van der Waals surface area contributed by atoms with Gasteiger partial charge in [-0.3, -0.25) is 0 Å². The van der Waals surface area contributed by atoms with E-state index < -0.39 is 0 Å². The number of aromatic nitrogens is 1. The molecule has 0 unspecified atom stereocenters. The van der Waals surface area contributed by atoms with E-state index in [0.717, 1.165) is 22.6 Å². The molecule has 0 aliphatic rings. The van der Waals surface area contributed by atoms with Gasteiger partial charge in [0.05, 0.1) is 11.4 Å². The highest BCUT2D eigenvalue weighted by Crippen LogP contribution is 2.22. The van der Waals surface area contributed by atoms with E-state index in [9.17, 15) is 4.39 Å². The second kappa shape index (κ2) is 9.47. The first-order chi connectivity index (χ1) is 13.5. The minimum Gasteiger partial charge on any atom is -0.489 e. The fourth-order valence-corrected chi connectivity index (χ4v) is 2.73. The second-order valence-corrected chi connectivity index (χ2v) is 7.34. The third kappa shape index (κ3) is 5.40. The van der Waals surface area contributed by atoms with Crippen molar-refractivity contribution in [3.63, 3.8) is 0 Å². The Morgan fingerprint density at radius 2 is 1.64 bits per heavy atom. The Morgan fingerprint density at radius 1 is 0.929 bits per heavy atom. The van der Waals surface area contributed by atoms with Crippen molar-refractivity contribution in [3.05, 3.63) is 83.8 Å². The molecular weight excluding hydrogens is 351 g/mol. The van der Waals surface area contributed by atoms with Crippen molar-refractivity contribution in [2.24, 2.45) is 5.92 Å². The molecule has 28 heavy (non-hydrogen) atoms. The molecule has 3 nitrogen and oxygen atoms in total. The van der Waals surface area contributed by atoms with E-state index in [1.807, 2.05) is 54.6 Å². The van der Waals surface area contributed by atoms with E-state index in [2.05, 4.69) is 31.1 Å². The van der Waals surface area contributed by atoms with Crippen LogP contribution in [-0.4, -0.2) is 11.0 Å². The summed E-state index contributed by atoms with van der Waals surface area (Å²) in [4.78, 5) is 4.52. The number of ether oxygens (including phenoxy) is 1. The zero-order valence-corrected chi connectivity index (χ0v) is 16.7. The van der Waals surface area contributed by atoms with Crippen LogP contribution in [-0.2, 0) is 13.2 Å². The fourth-order valence-electron chi connectivity index (χ4n) is 2.73. The Bertz CT molecular complexity index is 879. The van der Waals surface area contributed by atoms with Crippen molar-refractivity contribution in [1.29, 1.82) is 0 Å². The van der Waals surface area contributed by atoms with Gasteiger partial charge in [-0.2, -0.15) is 0 Å². The zero-order valence-electron chi connectivity index (χ0n) is 16.7. The van der Waals surface area contributed by atoms with Crippen LogP contribution in [0.3, 0.4) is 0 Å².